The Kier molecular flexibility index (Phi) is 2.76. The molecule has 19 heavy (non-hydrogen) atoms. The van der Waals surface area contributed by atoms with E-state index in [0.29, 0.717) is 5.58 Å². The summed E-state index contributed by atoms with van der Waals surface area (Å²) in [5.74, 6) is 0.213. The van der Waals surface area contributed by atoms with Gasteiger partial charge in [0.05, 0.1) is 4.90 Å². The van der Waals surface area contributed by atoms with Gasteiger partial charge in [0.2, 0.25) is 5.88 Å². The second-order valence-corrected chi connectivity index (χ2v) is 5.75. The summed E-state index contributed by atoms with van der Waals surface area (Å²) in [6, 6.07) is 17.2. The van der Waals surface area contributed by atoms with E-state index in [1.165, 1.54) is 12.1 Å². The topological polar surface area (TPSA) is 59.3 Å². The molecular weight excluding hydrogens is 262 g/mol. The van der Waals surface area contributed by atoms with Crippen LogP contribution >= 0.6 is 0 Å². The van der Waals surface area contributed by atoms with E-state index in [2.05, 4.69) is 4.72 Å². The van der Waals surface area contributed by atoms with Crippen molar-refractivity contribution in [3.63, 3.8) is 0 Å². The van der Waals surface area contributed by atoms with E-state index in [1.807, 2.05) is 18.2 Å². The van der Waals surface area contributed by atoms with Crippen molar-refractivity contribution < 1.29 is 12.8 Å². The smallest absolute Gasteiger partial charge is 0.264 e. The van der Waals surface area contributed by atoms with Crippen molar-refractivity contribution in [1.82, 2.24) is 0 Å². The molecule has 0 aliphatic rings. The predicted octanol–water partition coefficient (Wildman–Crippen LogP) is 3.23. The summed E-state index contributed by atoms with van der Waals surface area (Å²) in [4.78, 5) is 0.204. The van der Waals surface area contributed by atoms with Gasteiger partial charge < -0.3 is 4.42 Å². The molecule has 96 valence electrons. The van der Waals surface area contributed by atoms with Gasteiger partial charge in [-0.3, -0.25) is 0 Å². The minimum Gasteiger partial charge on any atom is -0.440 e. The van der Waals surface area contributed by atoms with Gasteiger partial charge in [0.1, 0.15) is 5.58 Å². The first kappa shape index (κ1) is 11.8. The standard InChI is InChI=1S/C14H11NO3S/c16-19(17,12-7-2-1-3-8-12)15-14-10-11-6-4-5-9-13(11)18-14/h1-10,15H. The zero-order valence-corrected chi connectivity index (χ0v) is 10.7. The highest BCUT2D eigenvalue weighted by Crippen LogP contribution is 2.24. The molecule has 0 unspecified atom stereocenters. The normalized spacial score (nSPS) is 11.6. The highest BCUT2D eigenvalue weighted by Gasteiger charge is 2.15. The lowest BCUT2D eigenvalue weighted by Crippen LogP contribution is -2.12. The lowest BCUT2D eigenvalue weighted by atomic mass is 10.3. The average molecular weight is 273 g/mol. The van der Waals surface area contributed by atoms with Crippen molar-refractivity contribution in [3.05, 3.63) is 60.7 Å². The Hall–Kier alpha value is -2.27. The maximum Gasteiger partial charge on any atom is 0.264 e. The monoisotopic (exact) mass is 273 g/mol. The number of furan rings is 1. The third-order valence-electron chi connectivity index (χ3n) is 2.71. The van der Waals surface area contributed by atoms with Gasteiger partial charge in [-0.25, -0.2) is 13.1 Å². The lowest BCUT2D eigenvalue weighted by Gasteiger charge is -2.04. The van der Waals surface area contributed by atoms with Crippen LogP contribution in [-0.2, 0) is 10.0 Å². The fourth-order valence-corrected chi connectivity index (χ4v) is 2.82. The van der Waals surface area contributed by atoms with Crippen molar-refractivity contribution in [2.24, 2.45) is 0 Å². The summed E-state index contributed by atoms with van der Waals surface area (Å²) < 4.78 is 32.1. The van der Waals surface area contributed by atoms with E-state index < -0.39 is 10.0 Å². The number of benzene rings is 2. The van der Waals surface area contributed by atoms with Gasteiger partial charge >= 0.3 is 0 Å². The molecule has 1 heterocycles. The number of anilines is 1. The van der Waals surface area contributed by atoms with Crippen LogP contribution in [0.25, 0.3) is 11.0 Å². The number of nitrogens with one attached hydrogen (secondary N) is 1. The van der Waals surface area contributed by atoms with Gasteiger partial charge in [-0.05, 0) is 18.2 Å². The Balaban J connectivity index is 1.97. The van der Waals surface area contributed by atoms with Crippen LogP contribution in [0, 0.1) is 0 Å². The van der Waals surface area contributed by atoms with Crippen LogP contribution in [0.3, 0.4) is 0 Å². The first-order valence-electron chi connectivity index (χ1n) is 5.72. The molecule has 1 N–H and O–H groups in total. The van der Waals surface area contributed by atoms with Gasteiger partial charge in [-0.2, -0.15) is 0 Å². The molecule has 0 amide bonds. The van der Waals surface area contributed by atoms with Gasteiger partial charge in [0.15, 0.2) is 0 Å². The van der Waals surface area contributed by atoms with Crippen LogP contribution in [0.4, 0.5) is 5.88 Å². The fraction of sp³-hybridized carbons (Fsp3) is 0. The molecule has 0 spiro atoms. The zero-order valence-electron chi connectivity index (χ0n) is 9.91. The average Bonchev–Trinajstić information content (AvgIpc) is 2.81. The van der Waals surface area contributed by atoms with Crippen LogP contribution in [0.2, 0.25) is 0 Å². The molecule has 2 aromatic carbocycles. The van der Waals surface area contributed by atoms with Crippen LogP contribution < -0.4 is 4.72 Å². The molecule has 0 radical (unpaired) electrons. The summed E-state index contributed by atoms with van der Waals surface area (Å²) in [6.07, 6.45) is 0. The van der Waals surface area contributed by atoms with E-state index >= 15 is 0 Å². The minimum atomic E-state index is -3.60. The van der Waals surface area contributed by atoms with Crippen LogP contribution in [-0.4, -0.2) is 8.42 Å². The number of hydrogen-bond donors (Lipinski definition) is 1. The number of para-hydroxylation sites is 1. The fourth-order valence-electron chi connectivity index (χ4n) is 1.82. The first-order valence-corrected chi connectivity index (χ1v) is 7.20. The second-order valence-electron chi connectivity index (χ2n) is 4.07. The Morgan fingerprint density at radius 1 is 0.895 bits per heavy atom. The molecule has 0 aliphatic heterocycles. The largest absolute Gasteiger partial charge is 0.440 e. The molecule has 5 heteroatoms. The van der Waals surface area contributed by atoms with Gasteiger partial charge in [-0.1, -0.05) is 36.4 Å². The molecule has 0 saturated carbocycles. The maximum absolute atomic E-state index is 12.1. The van der Waals surface area contributed by atoms with Gasteiger partial charge in [0, 0.05) is 11.5 Å². The minimum absolute atomic E-state index is 0.204. The molecule has 4 nitrogen and oxygen atoms in total. The van der Waals surface area contributed by atoms with Crippen molar-refractivity contribution >= 4 is 26.9 Å². The molecule has 3 rings (SSSR count). The third-order valence-corrected chi connectivity index (χ3v) is 4.08. The first-order chi connectivity index (χ1) is 9.15. The Morgan fingerprint density at radius 2 is 1.58 bits per heavy atom. The molecule has 0 fully saturated rings. The molecule has 0 saturated heterocycles. The van der Waals surface area contributed by atoms with Crippen LogP contribution in [0.15, 0.2) is 70.0 Å². The van der Waals surface area contributed by atoms with Crippen LogP contribution in [0.5, 0.6) is 0 Å². The number of rotatable bonds is 3. The van der Waals surface area contributed by atoms with E-state index in [9.17, 15) is 8.42 Å². The third kappa shape index (κ3) is 2.32. The van der Waals surface area contributed by atoms with Crippen molar-refractivity contribution in [3.8, 4) is 0 Å². The molecule has 1 aromatic heterocycles. The predicted molar refractivity (Wildman–Crippen MR) is 73.5 cm³/mol. The highest BCUT2D eigenvalue weighted by atomic mass is 32.2. The number of fused-ring (bicyclic) bond motifs is 1. The second kappa shape index (κ2) is 4.44. The lowest BCUT2D eigenvalue weighted by molar-refractivity contribution is 0.594. The van der Waals surface area contributed by atoms with E-state index in [0.717, 1.165) is 5.39 Å². The van der Waals surface area contributed by atoms with Crippen molar-refractivity contribution in [2.75, 3.05) is 4.72 Å². The Bertz CT molecular complexity index is 774. The highest BCUT2D eigenvalue weighted by molar-refractivity contribution is 7.92. The van der Waals surface area contributed by atoms with E-state index in [1.54, 1.807) is 30.3 Å². The molecule has 0 bridgehead atoms. The van der Waals surface area contributed by atoms with Crippen molar-refractivity contribution in [2.45, 2.75) is 4.90 Å². The molecule has 3 aromatic rings. The molecule has 0 atom stereocenters. The maximum atomic E-state index is 12.1. The number of sulfonamides is 1. The zero-order chi connectivity index (χ0) is 13.3. The number of hydrogen-bond acceptors (Lipinski definition) is 3. The van der Waals surface area contributed by atoms with Gasteiger partial charge in [-0.15, -0.1) is 0 Å². The summed E-state index contributed by atoms with van der Waals surface area (Å²) in [6.45, 7) is 0. The van der Waals surface area contributed by atoms with Gasteiger partial charge in [0.25, 0.3) is 10.0 Å². The quantitative estimate of drug-likeness (QED) is 0.797. The summed E-state index contributed by atoms with van der Waals surface area (Å²) >= 11 is 0. The molecular formula is C14H11NO3S. The van der Waals surface area contributed by atoms with E-state index in [-0.39, 0.29) is 10.8 Å². The summed E-state index contributed by atoms with van der Waals surface area (Å²) in [5.41, 5.74) is 0.647. The van der Waals surface area contributed by atoms with Crippen molar-refractivity contribution in [1.29, 1.82) is 0 Å². The van der Waals surface area contributed by atoms with E-state index in [4.69, 9.17) is 4.42 Å². The Morgan fingerprint density at radius 3 is 2.32 bits per heavy atom. The molecule has 0 aliphatic carbocycles. The Labute approximate surface area is 110 Å². The SMILES string of the molecule is O=S(=O)(Nc1cc2ccccc2o1)c1ccccc1. The van der Waals surface area contributed by atoms with Crippen LogP contribution in [0.1, 0.15) is 0 Å². The summed E-state index contributed by atoms with van der Waals surface area (Å²) in [7, 11) is -3.60. The summed E-state index contributed by atoms with van der Waals surface area (Å²) in [5, 5.41) is 0.855.